The van der Waals surface area contributed by atoms with Crippen LogP contribution >= 0.6 is 0 Å². The van der Waals surface area contributed by atoms with Crippen molar-refractivity contribution in [2.24, 2.45) is 0 Å². The van der Waals surface area contributed by atoms with E-state index in [1.54, 1.807) is 20.8 Å². The third-order valence-electron chi connectivity index (χ3n) is 1.70. The van der Waals surface area contributed by atoms with Crippen LogP contribution in [0.15, 0.2) is 6.20 Å². The molecule has 2 N–H and O–H groups in total. The van der Waals surface area contributed by atoms with Crippen molar-refractivity contribution in [1.82, 2.24) is 9.78 Å². The fraction of sp³-hybridized carbons (Fsp3) is 0.625. The van der Waals surface area contributed by atoms with Crippen LogP contribution < -0.4 is 5.73 Å². The maximum atomic E-state index is 12.3. The van der Waals surface area contributed by atoms with Crippen LogP contribution in [0.4, 0.5) is 18.9 Å². The van der Waals surface area contributed by atoms with Gasteiger partial charge in [-0.3, -0.25) is 4.68 Å². The second-order valence-corrected chi connectivity index (χ2v) is 4.05. The van der Waals surface area contributed by atoms with Crippen LogP contribution in [0.3, 0.4) is 0 Å². The predicted octanol–water partition coefficient (Wildman–Crippen LogP) is 2.24. The van der Waals surface area contributed by atoms with Gasteiger partial charge >= 0.3 is 6.18 Å². The molecule has 1 heterocycles. The number of halogens is 3. The number of nitrogens with zero attached hydrogens (tertiary/aromatic N) is 2. The van der Waals surface area contributed by atoms with Gasteiger partial charge in [-0.2, -0.15) is 18.3 Å². The summed E-state index contributed by atoms with van der Waals surface area (Å²) in [5.74, 6) is 0. The smallest absolute Gasteiger partial charge is 0.396 e. The van der Waals surface area contributed by atoms with Crippen LogP contribution in [0.25, 0.3) is 0 Å². The molecule has 1 aromatic rings. The van der Waals surface area contributed by atoms with Crippen molar-refractivity contribution in [2.75, 3.05) is 5.73 Å². The maximum absolute atomic E-state index is 12.3. The van der Waals surface area contributed by atoms with Crippen LogP contribution in [-0.2, 0) is 11.7 Å². The van der Waals surface area contributed by atoms with Crippen molar-refractivity contribution in [3.05, 3.63) is 11.9 Å². The minimum Gasteiger partial charge on any atom is -0.396 e. The normalized spacial score (nSPS) is 13.3. The molecule has 6 heteroatoms. The Bertz CT molecular complexity index is 333. The van der Waals surface area contributed by atoms with Crippen molar-refractivity contribution < 1.29 is 13.2 Å². The molecule has 0 aliphatic carbocycles. The second kappa shape index (κ2) is 2.90. The first-order valence-corrected chi connectivity index (χ1v) is 4.05. The molecule has 0 saturated carbocycles. The van der Waals surface area contributed by atoms with Crippen LogP contribution in [0, 0.1) is 0 Å². The van der Waals surface area contributed by atoms with E-state index in [4.69, 9.17) is 5.73 Å². The Morgan fingerprint density at radius 3 is 2.00 bits per heavy atom. The molecule has 14 heavy (non-hydrogen) atoms. The molecule has 0 aliphatic rings. The number of hydrogen-bond acceptors (Lipinski definition) is 2. The number of alkyl halides is 3. The molecule has 0 bridgehead atoms. The van der Waals surface area contributed by atoms with Crippen LogP contribution in [0.5, 0.6) is 0 Å². The van der Waals surface area contributed by atoms with Gasteiger partial charge in [0.25, 0.3) is 0 Å². The molecule has 0 aromatic carbocycles. The molecule has 0 fully saturated rings. The van der Waals surface area contributed by atoms with Gasteiger partial charge in [-0.1, -0.05) is 0 Å². The van der Waals surface area contributed by atoms with Crippen molar-refractivity contribution in [1.29, 1.82) is 0 Å². The third-order valence-corrected chi connectivity index (χ3v) is 1.70. The largest absolute Gasteiger partial charge is 0.437 e. The maximum Gasteiger partial charge on any atom is 0.437 e. The molecule has 0 unspecified atom stereocenters. The van der Waals surface area contributed by atoms with Gasteiger partial charge in [-0.25, -0.2) is 0 Å². The molecular weight excluding hydrogens is 195 g/mol. The van der Waals surface area contributed by atoms with Crippen molar-refractivity contribution in [3.8, 4) is 0 Å². The molecule has 1 rings (SSSR count). The van der Waals surface area contributed by atoms with Gasteiger partial charge in [0.2, 0.25) is 0 Å². The zero-order chi connectivity index (χ0) is 11.1. The van der Waals surface area contributed by atoms with Crippen LogP contribution in [0.2, 0.25) is 0 Å². The lowest BCUT2D eigenvalue weighted by molar-refractivity contribution is -0.141. The number of nitrogens with two attached hydrogens (primary N) is 1. The predicted molar refractivity (Wildman–Crippen MR) is 46.6 cm³/mol. The van der Waals surface area contributed by atoms with E-state index < -0.39 is 17.4 Å². The molecule has 0 radical (unpaired) electrons. The fourth-order valence-corrected chi connectivity index (χ4v) is 0.951. The van der Waals surface area contributed by atoms with E-state index >= 15 is 0 Å². The standard InChI is InChI=1S/C8H12F3N3/c1-7(2,3)14-4-5(12)6(13-14)8(9,10)11/h4H,12H2,1-3H3. The summed E-state index contributed by atoms with van der Waals surface area (Å²) < 4.78 is 38.1. The van der Waals surface area contributed by atoms with Gasteiger partial charge in [0.05, 0.1) is 11.2 Å². The van der Waals surface area contributed by atoms with Crippen molar-refractivity contribution in [2.45, 2.75) is 32.5 Å². The summed E-state index contributed by atoms with van der Waals surface area (Å²) in [6.07, 6.45) is -3.29. The van der Waals surface area contributed by atoms with Gasteiger partial charge < -0.3 is 5.73 Å². The lowest BCUT2D eigenvalue weighted by Gasteiger charge is -2.18. The van der Waals surface area contributed by atoms with E-state index in [9.17, 15) is 13.2 Å². The Balaban J connectivity index is 3.19. The Morgan fingerprint density at radius 2 is 1.79 bits per heavy atom. The summed E-state index contributed by atoms with van der Waals surface area (Å²) in [6.45, 7) is 5.25. The molecular formula is C8H12F3N3. The first-order chi connectivity index (χ1) is 6.12. The fourth-order valence-electron chi connectivity index (χ4n) is 0.951. The number of anilines is 1. The Morgan fingerprint density at radius 1 is 1.29 bits per heavy atom. The van der Waals surface area contributed by atoms with Crippen LogP contribution in [-0.4, -0.2) is 9.78 Å². The first kappa shape index (κ1) is 10.9. The van der Waals surface area contributed by atoms with Gasteiger partial charge in [0.1, 0.15) is 0 Å². The zero-order valence-corrected chi connectivity index (χ0v) is 8.18. The van der Waals surface area contributed by atoms with Gasteiger partial charge in [0.15, 0.2) is 5.69 Å². The van der Waals surface area contributed by atoms with E-state index in [0.717, 1.165) is 0 Å². The highest BCUT2D eigenvalue weighted by Crippen LogP contribution is 2.33. The quantitative estimate of drug-likeness (QED) is 0.709. The highest BCUT2D eigenvalue weighted by Gasteiger charge is 2.37. The van der Waals surface area contributed by atoms with Gasteiger partial charge in [-0.05, 0) is 20.8 Å². The third kappa shape index (κ3) is 2.00. The summed E-state index contributed by atoms with van der Waals surface area (Å²) in [5.41, 5.74) is 3.36. The minimum absolute atomic E-state index is 0.340. The summed E-state index contributed by atoms with van der Waals surface area (Å²) in [7, 11) is 0. The lowest BCUT2D eigenvalue weighted by Crippen LogP contribution is -2.23. The van der Waals surface area contributed by atoms with Crippen molar-refractivity contribution >= 4 is 5.69 Å². The molecule has 0 aliphatic heterocycles. The summed E-state index contributed by atoms with van der Waals surface area (Å²) in [5, 5.41) is 3.42. The Labute approximate surface area is 79.7 Å². The number of rotatable bonds is 0. The number of nitrogen functional groups attached to an aromatic ring is 1. The number of aromatic nitrogens is 2. The Hall–Kier alpha value is -1.20. The molecule has 0 amide bonds. The molecule has 0 atom stereocenters. The highest BCUT2D eigenvalue weighted by molar-refractivity contribution is 5.42. The van der Waals surface area contributed by atoms with E-state index in [1.165, 1.54) is 10.9 Å². The topological polar surface area (TPSA) is 43.8 Å². The van der Waals surface area contributed by atoms with Crippen LogP contribution in [0.1, 0.15) is 26.5 Å². The SMILES string of the molecule is CC(C)(C)n1cc(N)c(C(F)(F)F)n1. The van der Waals surface area contributed by atoms with Gasteiger partial charge in [0, 0.05) is 6.20 Å². The highest BCUT2D eigenvalue weighted by atomic mass is 19.4. The summed E-state index contributed by atoms with van der Waals surface area (Å²) in [6, 6.07) is 0. The minimum atomic E-state index is -4.49. The second-order valence-electron chi connectivity index (χ2n) is 4.05. The average molecular weight is 207 g/mol. The molecule has 0 saturated heterocycles. The lowest BCUT2D eigenvalue weighted by atomic mass is 10.1. The van der Waals surface area contributed by atoms with Gasteiger partial charge in [-0.15, -0.1) is 0 Å². The molecule has 0 spiro atoms. The van der Waals surface area contributed by atoms with E-state index in [2.05, 4.69) is 5.10 Å². The monoisotopic (exact) mass is 207 g/mol. The van der Waals surface area contributed by atoms with E-state index in [-0.39, 0.29) is 5.69 Å². The van der Waals surface area contributed by atoms with E-state index in [0.29, 0.717) is 0 Å². The average Bonchev–Trinajstić information content (AvgIpc) is 2.27. The number of hydrogen-bond donors (Lipinski definition) is 1. The molecule has 80 valence electrons. The molecule has 3 nitrogen and oxygen atoms in total. The van der Waals surface area contributed by atoms with Crippen molar-refractivity contribution in [3.63, 3.8) is 0 Å². The summed E-state index contributed by atoms with van der Waals surface area (Å²) in [4.78, 5) is 0. The Kier molecular flexibility index (Phi) is 2.25. The zero-order valence-electron chi connectivity index (χ0n) is 8.18. The summed E-state index contributed by atoms with van der Waals surface area (Å²) >= 11 is 0. The first-order valence-electron chi connectivity index (χ1n) is 4.05. The van der Waals surface area contributed by atoms with E-state index in [1.807, 2.05) is 0 Å². The molecule has 1 aromatic heterocycles.